The molecule has 0 bridgehead atoms. The molecule has 0 saturated carbocycles. The van der Waals surface area contributed by atoms with Gasteiger partial charge in [0.2, 0.25) is 11.8 Å². The zero-order valence-electron chi connectivity index (χ0n) is 21.9. The number of carbonyl (C=O) groups is 2. The average molecular weight is 645 g/mol. The van der Waals surface area contributed by atoms with Crippen LogP contribution < -0.4 is 9.62 Å². The van der Waals surface area contributed by atoms with Gasteiger partial charge in [-0.1, -0.05) is 84.5 Å². The van der Waals surface area contributed by atoms with E-state index in [0.717, 1.165) is 4.31 Å². The number of carbonyl (C=O) groups excluding carboxylic acids is 2. The summed E-state index contributed by atoms with van der Waals surface area (Å²) in [4.78, 5) is 28.5. The number of hydrogen-bond donors (Lipinski definition) is 1. The molecule has 0 radical (unpaired) electrons. The first-order chi connectivity index (χ1) is 19.0. The van der Waals surface area contributed by atoms with Gasteiger partial charge in [-0.25, -0.2) is 8.42 Å². The van der Waals surface area contributed by atoms with Gasteiger partial charge in [-0.3, -0.25) is 13.9 Å². The molecule has 0 aromatic heterocycles. The Labute approximate surface area is 255 Å². The van der Waals surface area contributed by atoms with E-state index in [0.29, 0.717) is 33.6 Å². The predicted molar refractivity (Wildman–Crippen MR) is 162 cm³/mol. The molecule has 0 aliphatic heterocycles. The van der Waals surface area contributed by atoms with Crippen LogP contribution in [-0.4, -0.2) is 44.3 Å². The van der Waals surface area contributed by atoms with E-state index >= 15 is 0 Å². The molecule has 0 aliphatic rings. The molecular formula is C28H29Cl4N3O4S. The van der Waals surface area contributed by atoms with Crippen LogP contribution in [0.25, 0.3) is 0 Å². The van der Waals surface area contributed by atoms with Crippen molar-refractivity contribution in [2.45, 2.75) is 44.2 Å². The van der Waals surface area contributed by atoms with Gasteiger partial charge in [0, 0.05) is 33.7 Å². The van der Waals surface area contributed by atoms with Gasteiger partial charge in [-0.2, -0.15) is 0 Å². The van der Waals surface area contributed by atoms with Gasteiger partial charge < -0.3 is 10.2 Å². The van der Waals surface area contributed by atoms with Crippen molar-refractivity contribution in [1.29, 1.82) is 0 Å². The normalized spacial score (nSPS) is 12.1. The summed E-state index contributed by atoms with van der Waals surface area (Å²) < 4.78 is 28.6. The minimum Gasteiger partial charge on any atom is -0.354 e. The number of amides is 2. The molecule has 0 spiro atoms. The maximum atomic E-state index is 14.1. The number of sulfonamides is 1. The van der Waals surface area contributed by atoms with E-state index in [1.807, 2.05) is 6.92 Å². The maximum Gasteiger partial charge on any atom is 0.264 e. The van der Waals surface area contributed by atoms with E-state index in [4.69, 9.17) is 46.4 Å². The topological polar surface area (TPSA) is 86.8 Å². The molecule has 0 saturated heterocycles. The van der Waals surface area contributed by atoms with Crippen LogP contribution in [0.1, 0.15) is 32.3 Å². The fourth-order valence-electron chi connectivity index (χ4n) is 4.06. The van der Waals surface area contributed by atoms with Crippen molar-refractivity contribution in [2.24, 2.45) is 0 Å². The largest absolute Gasteiger partial charge is 0.354 e. The fourth-order valence-corrected chi connectivity index (χ4v) is 6.59. The SMILES string of the molecule is CCCNC(=O)[C@@H](CC)N(Cc1c(Cl)cccc1Cl)C(=O)CN(c1ccc(Cl)cc1Cl)S(=O)(=O)c1ccccc1. The first-order valence-electron chi connectivity index (χ1n) is 12.5. The highest BCUT2D eigenvalue weighted by atomic mass is 35.5. The Kier molecular flexibility index (Phi) is 11.5. The summed E-state index contributed by atoms with van der Waals surface area (Å²) >= 11 is 25.3. The number of rotatable bonds is 12. The van der Waals surface area contributed by atoms with Crippen LogP contribution in [-0.2, 0) is 26.2 Å². The second-order valence-electron chi connectivity index (χ2n) is 8.86. The van der Waals surface area contributed by atoms with Crippen LogP contribution in [0.4, 0.5) is 5.69 Å². The van der Waals surface area contributed by atoms with E-state index < -0.39 is 28.5 Å². The number of nitrogens with zero attached hydrogens (tertiary/aromatic N) is 2. The zero-order chi connectivity index (χ0) is 29.4. The van der Waals surface area contributed by atoms with Gasteiger partial charge in [0.25, 0.3) is 10.0 Å². The minimum absolute atomic E-state index is 0.0354. The van der Waals surface area contributed by atoms with E-state index in [1.165, 1.54) is 35.2 Å². The Hall–Kier alpha value is -2.49. The lowest BCUT2D eigenvalue weighted by atomic mass is 10.1. The maximum absolute atomic E-state index is 14.1. The Morgan fingerprint density at radius 1 is 0.875 bits per heavy atom. The highest BCUT2D eigenvalue weighted by molar-refractivity contribution is 7.92. The number of hydrogen-bond acceptors (Lipinski definition) is 4. The van der Waals surface area contributed by atoms with E-state index in [1.54, 1.807) is 43.3 Å². The first-order valence-corrected chi connectivity index (χ1v) is 15.5. The van der Waals surface area contributed by atoms with Crippen molar-refractivity contribution >= 4 is 73.9 Å². The molecule has 3 aromatic rings. The summed E-state index contributed by atoms with van der Waals surface area (Å²) in [6, 6.07) is 16.0. The van der Waals surface area contributed by atoms with Crippen molar-refractivity contribution in [2.75, 3.05) is 17.4 Å². The smallest absolute Gasteiger partial charge is 0.264 e. The standard InChI is InChI=1S/C28H29Cl4N3O4S/c1-3-15-33-28(37)25(4-2)34(17-21-22(30)11-8-12-23(21)31)27(36)18-35(26-14-13-19(29)16-24(26)32)40(38,39)20-9-6-5-7-10-20/h5-14,16,25H,3-4,15,17-18H2,1-2H3,(H,33,37)/t25-/m1/s1. The summed E-state index contributed by atoms with van der Waals surface area (Å²) in [5.74, 6) is -1.03. The molecule has 2 amide bonds. The molecule has 12 heteroatoms. The second-order valence-corrected chi connectivity index (χ2v) is 12.4. The third-order valence-electron chi connectivity index (χ3n) is 6.11. The van der Waals surface area contributed by atoms with Gasteiger partial charge >= 0.3 is 0 Å². The predicted octanol–water partition coefficient (Wildman–Crippen LogP) is 6.83. The summed E-state index contributed by atoms with van der Waals surface area (Å²) in [5, 5.41) is 3.77. The van der Waals surface area contributed by atoms with Crippen LogP contribution >= 0.6 is 46.4 Å². The quantitative estimate of drug-likeness (QED) is 0.234. The summed E-state index contributed by atoms with van der Waals surface area (Å²) in [5.41, 5.74) is 0.491. The number of benzene rings is 3. The third kappa shape index (κ3) is 7.62. The number of halogens is 4. The average Bonchev–Trinajstić information content (AvgIpc) is 2.92. The van der Waals surface area contributed by atoms with Gasteiger partial charge in [0.05, 0.1) is 15.6 Å². The Bertz CT molecular complexity index is 1430. The van der Waals surface area contributed by atoms with Crippen LogP contribution in [0.3, 0.4) is 0 Å². The minimum atomic E-state index is -4.27. The highest BCUT2D eigenvalue weighted by Gasteiger charge is 2.34. The van der Waals surface area contributed by atoms with Crippen molar-refractivity contribution in [1.82, 2.24) is 10.2 Å². The molecule has 0 fully saturated rings. The van der Waals surface area contributed by atoms with Crippen LogP contribution in [0.2, 0.25) is 20.1 Å². The lowest BCUT2D eigenvalue weighted by Crippen LogP contribution is -2.52. The second kappa shape index (κ2) is 14.4. The molecule has 1 N–H and O–H groups in total. The lowest BCUT2D eigenvalue weighted by Gasteiger charge is -2.33. The van der Waals surface area contributed by atoms with Crippen molar-refractivity contribution < 1.29 is 18.0 Å². The van der Waals surface area contributed by atoms with Gasteiger partial charge in [0.1, 0.15) is 12.6 Å². The van der Waals surface area contributed by atoms with Crippen molar-refractivity contribution in [3.8, 4) is 0 Å². The molecule has 3 rings (SSSR count). The molecule has 7 nitrogen and oxygen atoms in total. The molecule has 214 valence electrons. The highest BCUT2D eigenvalue weighted by Crippen LogP contribution is 2.33. The molecule has 40 heavy (non-hydrogen) atoms. The monoisotopic (exact) mass is 643 g/mol. The van der Waals surface area contributed by atoms with Crippen LogP contribution in [0, 0.1) is 0 Å². The first kappa shape index (κ1) is 32.0. The Balaban J connectivity index is 2.11. The zero-order valence-corrected chi connectivity index (χ0v) is 25.8. The Morgan fingerprint density at radius 2 is 1.52 bits per heavy atom. The molecule has 3 aromatic carbocycles. The molecule has 0 heterocycles. The molecular weight excluding hydrogens is 616 g/mol. The summed E-state index contributed by atoms with van der Waals surface area (Å²) in [6.45, 7) is 3.31. The van der Waals surface area contributed by atoms with Gasteiger partial charge in [-0.15, -0.1) is 0 Å². The van der Waals surface area contributed by atoms with Crippen LogP contribution in [0.15, 0.2) is 71.6 Å². The molecule has 0 aliphatic carbocycles. The Morgan fingerprint density at radius 3 is 2.10 bits per heavy atom. The van der Waals surface area contributed by atoms with Gasteiger partial charge in [0.15, 0.2) is 0 Å². The van der Waals surface area contributed by atoms with E-state index in [9.17, 15) is 18.0 Å². The van der Waals surface area contributed by atoms with E-state index in [2.05, 4.69) is 5.32 Å². The number of anilines is 1. The number of nitrogens with one attached hydrogen (secondary N) is 1. The summed E-state index contributed by atoms with van der Waals surface area (Å²) in [6.07, 6.45) is 0.959. The molecule has 0 unspecified atom stereocenters. The fraction of sp³-hybridized carbons (Fsp3) is 0.286. The van der Waals surface area contributed by atoms with E-state index in [-0.39, 0.29) is 34.5 Å². The summed E-state index contributed by atoms with van der Waals surface area (Å²) in [7, 11) is -4.27. The van der Waals surface area contributed by atoms with Crippen LogP contribution in [0.5, 0.6) is 0 Å². The van der Waals surface area contributed by atoms with Crippen molar-refractivity contribution in [3.05, 3.63) is 92.4 Å². The van der Waals surface area contributed by atoms with Gasteiger partial charge in [-0.05, 0) is 55.3 Å². The lowest BCUT2D eigenvalue weighted by molar-refractivity contribution is -0.140. The van der Waals surface area contributed by atoms with Crippen molar-refractivity contribution in [3.63, 3.8) is 0 Å². The third-order valence-corrected chi connectivity index (χ3v) is 9.13. The molecule has 1 atom stereocenters.